The lowest BCUT2D eigenvalue weighted by molar-refractivity contribution is -0.0100. The molecule has 6 nitrogen and oxygen atoms in total. The van der Waals surface area contributed by atoms with Crippen molar-refractivity contribution in [2.24, 2.45) is 21.6 Å². The molecule has 31 heavy (non-hydrogen) atoms. The van der Waals surface area contributed by atoms with Crippen molar-refractivity contribution in [2.75, 3.05) is 25.0 Å². The van der Waals surface area contributed by atoms with Gasteiger partial charge in [0.25, 0.3) is 0 Å². The van der Waals surface area contributed by atoms with Crippen molar-refractivity contribution in [3.63, 3.8) is 0 Å². The third kappa shape index (κ3) is 4.40. The van der Waals surface area contributed by atoms with Gasteiger partial charge in [0.2, 0.25) is 0 Å². The minimum Gasteiger partial charge on any atom is -0.368 e. The van der Waals surface area contributed by atoms with Gasteiger partial charge in [0.15, 0.2) is 0 Å². The number of hydrogen-bond acceptors (Lipinski definition) is 6. The van der Waals surface area contributed by atoms with E-state index >= 15 is 0 Å². The van der Waals surface area contributed by atoms with Crippen LogP contribution < -0.4 is 5.32 Å². The molecule has 1 saturated carbocycles. The maximum Gasteiger partial charge on any atom is 0.148 e. The lowest BCUT2D eigenvalue weighted by Gasteiger charge is -2.52. The van der Waals surface area contributed by atoms with Crippen LogP contribution in [0.15, 0.2) is 58.9 Å². The molecule has 3 aliphatic rings. The van der Waals surface area contributed by atoms with E-state index in [9.17, 15) is 0 Å². The first kappa shape index (κ1) is 20.3. The second-order valence-electron chi connectivity index (χ2n) is 10.0. The van der Waals surface area contributed by atoms with Crippen molar-refractivity contribution < 1.29 is 0 Å². The van der Waals surface area contributed by atoms with Crippen LogP contribution in [0.25, 0.3) is 5.57 Å². The van der Waals surface area contributed by atoms with Crippen LogP contribution in [-0.2, 0) is 6.54 Å². The standard InChI is InChI=1S/C25H32N6/c1-24(2)21(17-27-30-24)22-8-9-23(29-28-22)26-16-20-14-25(15-20)10-12-31(13-11-25)18-19-6-4-3-5-7-19/h3-9,17,20H,10-16,18H2,1-2H3,(H,26,29). The van der Waals surface area contributed by atoms with Gasteiger partial charge in [-0.3, -0.25) is 4.90 Å². The van der Waals surface area contributed by atoms with Gasteiger partial charge in [0.1, 0.15) is 11.4 Å². The van der Waals surface area contributed by atoms with Crippen molar-refractivity contribution >= 4 is 11.4 Å². The van der Waals surface area contributed by atoms with E-state index in [-0.39, 0.29) is 5.54 Å². The van der Waals surface area contributed by atoms with E-state index in [1.54, 1.807) is 6.20 Å². The molecule has 3 heterocycles. The van der Waals surface area contributed by atoms with Crippen molar-refractivity contribution in [1.82, 2.24) is 15.1 Å². The molecule has 1 aromatic carbocycles. The first-order valence-electron chi connectivity index (χ1n) is 11.5. The van der Waals surface area contributed by atoms with Crippen molar-refractivity contribution in [3.05, 3.63) is 59.9 Å². The summed E-state index contributed by atoms with van der Waals surface area (Å²) in [5.41, 5.74) is 3.57. The van der Waals surface area contributed by atoms with Crippen LogP contribution in [0.3, 0.4) is 0 Å². The van der Waals surface area contributed by atoms with Gasteiger partial charge >= 0.3 is 0 Å². The quantitative estimate of drug-likeness (QED) is 0.706. The van der Waals surface area contributed by atoms with Crippen LogP contribution in [0.4, 0.5) is 5.82 Å². The van der Waals surface area contributed by atoms with Gasteiger partial charge in [-0.2, -0.15) is 10.2 Å². The number of azo groups is 1. The van der Waals surface area contributed by atoms with Crippen LogP contribution >= 0.6 is 0 Å². The third-order valence-electron chi connectivity index (χ3n) is 7.28. The van der Waals surface area contributed by atoms with Gasteiger partial charge in [-0.25, -0.2) is 0 Å². The number of benzene rings is 1. The Kier molecular flexibility index (Phi) is 5.34. The zero-order valence-corrected chi connectivity index (χ0v) is 18.6. The van der Waals surface area contributed by atoms with Crippen molar-refractivity contribution in [1.29, 1.82) is 0 Å². The van der Waals surface area contributed by atoms with E-state index in [0.29, 0.717) is 5.41 Å². The van der Waals surface area contributed by atoms with Gasteiger partial charge in [-0.15, -0.1) is 10.2 Å². The average molecular weight is 417 g/mol. The smallest absolute Gasteiger partial charge is 0.148 e. The minimum atomic E-state index is -0.319. The molecule has 1 aliphatic carbocycles. The molecule has 0 amide bonds. The van der Waals surface area contributed by atoms with E-state index in [4.69, 9.17) is 0 Å². The Hall–Kier alpha value is -2.60. The van der Waals surface area contributed by atoms with Crippen LogP contribution in [0.5, 0.6) is 0 Å². The first-order valence-corrected chi connectivity index (χ1v) is 11.5. The minimum absolute atomic E-state index is 0.319. The van der Waals surface area contributed by atoms with E-state index in [1.807, 2.05) is 26.0 Å². The van der Waals surface area contributed by atoms with Crippen LogP contribution in [0.1, 0.15) is 50.8 Å². The fraction of sp³-hybridized carbons (Fsp3) is 0.520. The molecule has 2 fully saturated rings. The summed E-state index contributed by atoms with van der Waals surface area (Å²) in [7, 11) is 0. The lowest BCUT2D eigenvalue weighted by atomic mass is 9.57. The van der Waals surface area contributed by atoms with Crippen LogP contribution in [0.2, 0.25) is 0 Å². The molecule has 0 bridgehead atoms. The summed E-state index contributed by atoms with van der Waals surface area (Å²) in [6.45, 7) is 8.62. The zero-order valence-electron chi connectivity index (χ0n) is 18.6. The maximum absolute atomic E-state index is 4.40. The topological polar surface area (TPSA) is 65.8 Å². The highest BCUT2D eigenvalue weighted by Crippen LogP contribution is 2.52. The van der Waals surface area contributed by atoms with Gasteiger partial charge in [-0.05, 0) is 81.6 Å². The molecule has 1 spiro atoms. The number of aromatic nitrogens is 2. The normalized spacial score (nSPS) is 22.3. The van der Waals surface area contributed by atoms with Crippen molar-refractivity contribution in [3.8, 4) is 0 Å². The lowest BCUT2D eigenvalue weighted by Crippen LogP contribution is -2.48. The third-order valence-corrected chi connectivity index (χ3v) is 7.28. The molecule has 5 rings (SSSR count). The number of hydrogen-bond donors (Lipinski definition) is 1. The summed E-state index contributed by atoms with van der Waals surface area (Å²) in [5, 5.41) is 20.6. The number of piperidine rings is 1. The molecular formula is C25H32N6. The number of nitrogens with one attached hydrogen (secondary N) is 1. The maximum atomic E-state index is 4.40. The average Bonchev–Trinajstić information content (AvgIpc) is 3.12. The second-order valence-corrected chi connectivity index (χ2v) is 10.0. The molecule has 6 heteroatoms. The summed E-state index contributed by atoms with van der Waals surface area (Å²) in [4.78, 5) is 2.62. The zero-order chi connectivity index (χ0) is 21.3. The highest BCUT2D eigenvalue weighted by Gasteiger charge is 2.45. The number of nitrogens with zero attached hydrogens (tertiary/aromatic N) is 5. The Bertz CT molecular complexity index is 947. The SMILES string of the molecule is CC1(C)N=NC=C1c1ccc(NCC2CC3(CCN(Cc4ccccc4)CC3)C2)nn1. The van der Waals surface area contributed by atoms with E-state index < -0.39 is 0 Å². The van der Waals surface area contributed by atoms with E-state index in [2.05, 4.69) is 61.0 Å². The van der Waals surface area contributed by atoms with Crippen LogP contribution in [-0.4, -0.2) is 40.3 Å². The molecule has 0 radical (unpaired) electrons. The van der Waals surface area contributed by atoms with E-state index in [0.717, 1.165) is 36.1 Å². The number of anilines is 1. The monoisotopic (exact) mass is 416 g/mol. The highest BCUT2D eigenvalue weighted by molar-refractivity contribution is 5.71. The predicted molar refractivity (Wildman–Crippen MR) is 124 cm³/mol. The van der Waals surface area contributed by atoms with Gasteiger partial charge in [-0.1, -0.05) is 30.3 Å². The summed E-state index contributed by atoms with van der Waals surface area (Å²) in [6.07, 6.45) is 7.15. The highest BCUT2D eigenvalue weighted by atomic mass is 15.2. The molecular weight excluding hydrogens is 384 g/mol. The van der Waals surface area contributed by atoms with Gasteiger partial charge in [0.05, 0.1) is 11.9 Å². The molecule has 0 atom stereocenters. The molecule has 2 aromatic rings. The Morgan fingerprint density at radius 2 is 1.77 bits per heavy atom. The van der Waals surface area contributed by atoms with Crippen LogP contribution in [0, 0.1) is 11.3 Å². The number of likely N-dealkylation sites (tertiary alicyclic amines) is 1. The van der Waals surface area contributed by atoms with Gasteiger partial charge < -0.3 is 5.32 Å². The Morgan fingerprint density at radius 3 is 2.42 bits per heavy atom. The summed E-state index contributed by atoms with van der Waals surface area (Å²) >= 11 is 0. The summed E-state index contributed by atoms with van der Waals surface area (Å²) in [6, 6.07) is 14.9. The fourth-order valence-corrected chi connectivity index (χ4v) is 5.39. The molecule has 2 aliphatic heterocycles. The van der Waals surface area contributed by atoms with E-state index in [1.165, 1.54) is 44.3 Å². The molecule has 1 saturated heterocycles. The fourth-order valence-electron chi connectivity index (χ4n) is 5.39. The molecule has 1 aromatic heterocycles. The Balaban J connectivity index is 1.06. The first-order chi connectivity index (χ1) is 15.0. The molecule has 0 unspecified atom stereocenters. The largest absolute Gasteiger partial charge is 0.368 e. The van der Waals surface area contributed by atoms with Gasteiger partial charge in [0, 0.05) is 18.7 Å². The predicted octanol–water partition coefficient (Wildman–Crippen LogP) is 5.17. The van der Waals surface area contributed by atoms with Crippen molar-refractivity contribution in [2.45, 2.75) is 51.6 Å². The Labute approximate surface area is 184 Å². The Morgan fingerprint density at radius 1 is 1.00 bits per heavy atom. The molecule has 1 N–H and O–H groups in total. The summed E-state index contributed by atoms with van der Waals surface area (Å²) in [5.74, 6) is 1.60. The molecule has 162 valence electrons. The summed E-state index contributed by atoms with van der Waals surface area (Å²) < 4.78 is 0. The second kappa shape index (κ2) is 8.15. The number of rotatable bonds is 6.